The summed E-state index contributed by atoms with van der Waals surface area (Å²) in [7, 11) is 0. The van der Waals surface area contributed by atoms with Gasteiger partial charge in [0, 0.05) is 37.9 Å². The van der Waals surface area contributed by atoms with Gasteiger partial charge in [0.25, 0.3) is 0 Å². The Morgan fingerprint density at radius 2 is 1.59 bits per heavy atom. The second-order valence-electron chi connectivity index (χ2n) is 10.8. The van der Waals surface area contributed by atoms with Gasteiger partial charge < -0.3 is 5.32 Å². The summed E-state index contributed by atoms with van der Waals surface area (Å²) in [6.45, 7) is 17.3. The Morgan fingerprint density at radius 3 is 2.18 bits per heavy atom. The number of aromatic nitrogens is 4. The van der Waals surface area contributed by atoms with Gasteiger partial charge in [0.15, 0.2) is 5.82 Å². The summed E-state index contributed by atoms with van der Waals surface area (Å²) in [5.41, 5.74) is 1.74. The molecule has 4 rings (SSSR count). The number of nitrogens with one attached hydrogen (secondary N) is 1. The highest BCUT2D eigenvalue weighted by molar-refractivity contribution is 5.92. The van der Waals surface area contributed by atoms with Crippen LogP contribution < -0.4 is 5.32 Å². The van der Waals surface area contributed by atoms with Gasteiger partial charge in [-0.15, -0.1) is 5.10 Å². The first kappa shape index (κ1) is 24.8. The van der Waals surface area contributed by atoms with Crippen LogP contribution in [0.15, 0.2) is 24.3 Å². The number of amides is 1. The number of carbonyl (C=O) groups excluding carboxylic acids is 1. The molecular weight excluding hydrogens is 428 g/mol. The Hall–Kier alpha value is -2.36. The number of nitrogens with zero attached hydrogens (tertiary/aromatic N) is 7. The molecular formula is C25H40N8O. The van der Waals surface area contributed by atoms with Crippen LogP contribution in [-0.2, 0) is 10.3 Å². The highest BCUT2D eigenvalue weighted by Gasteiger charge is 2.33. The van der Waals surface area contributed by atoms with Crippen molar-refractivity contribution in [2.45, 2.75) is 65.1 Å². The molecule has 2 fully saturated rings. The van der Waals surface area contributed by atoms with Crippen LogP contribution in [0.5, 0.6) is 0 Å². The van der Waals surface area contributed by atoms with Crippen LogP contribution in [0.4, 0.5) is 5.69 Å². The molecule has 0 saturated carbocycles. The van der Waals surface area contributed by atoms with Gasteiger partial charge in [-0.25, -0.2) is 4.68 Å². The van der Waals surface area contributed by atoms with Gasteiger partial charge in [0.05, 0.1) is 18.1 Å². The van der Waals surface area contributed by atoms with Crippen molar-refractivity contribution >= 4 is 11.6 Å². The van der Waals surface area contributed by atoms with Gasteiger partial charge in [0.2, 0.25) is 5.91 Å². The number of piperazine rings is 1. The predicted molar refractivity (Wildman–Crippen MR) is 134 cm³/mol. The molecule has 186 valence electrons. The lowest BCUT2D eigenvalue weighted by molar-refractivity contribution is -0.117. The van der Waals surface area contributed by atoms with Gasteiger partial charge >= 0.3 is 0 Å². The number of anilines is 1. The van der Waals surface area contributed by atoms with E-state index in [0.29, 0.717) is 12.6 Å². The van der Waals surface area contributed by atoms with Crippen molar-refractivity contribution in [2.24, 2.45) is 0 Å². The molecule has 9 heteroatoms. The van der Waals surface area contributed by atoms with Gasteiger partial charge in [0.1, 0.15) is 0 Å². The lowest BCUT2D eigenvalue weighted by Crippen LogP contribution is -2.50. The van der Waals surface area contributed by atoms with Gasteiger partial charge in [-0.3, -0.25) is 19.5 Å². The smallest absolute Gasteiger partial charge is 0.238 e. The SMILES string of the molecule is CC(C)N1CCN(C(c2ccc(NC(=O)CN3CCCC3)cc2)c2nnnn2C(C)(C)C)CC1. The Morgan fingerprint density at radius 1 is 0.971 bits per heavy atom. The maximum atomic E-state index is 12.5. The Kier molecular flexibility index (Phi) is 7.64. The molecule has 1 atom stereocenters. The second kappa shape index (κ2) is 10.5. The fraction of sp³-hybridized carbons (Fsp3) is 0.680. The van der Waals surface area contributed by atoms with Crippen molar-refractivity contribution in [3.63, 3.8) is 0 Å². The summed E-state index contributed by atoms with van der Waals surface area (Å²) >= 11 is 0. The molecule has 3 heterocycles. The first-order chi connectivity index (χ1) is 16.2. The van der Waals surface area contributed by atoms with Gasteiger partial charge in [-0.2, -0.15) is 0 Å². The molecule has 1 amide bonds. The zero-order chi connectivity index (χ0) is 24.3. The third-order valence-electron chi connectivity index (χ3n) is 6.89. The topological polar surface area (TPSA) is 82.4 Å². The Balaban J connectivity index is 1.54. The minimum atomic E-state index is -0.222. The van der Waals surface area contributed by atoms with Crippen LogP contribution >= 0.6 is 0 Å². The van der Waals surface area contributed by atoms with Crippen LogP contribution in [0.3, 0.4) is 0 Å². The minimum absolute atomic E-state index is 0.0436. The normalized spacial score (nSPS) is 19.6. The maximum absolute atomic E-state index is 12.5. The zero-order valence-electron chi connectivity index (χ0n) is 21.4. The standard InChI is InChI=1S/C25H40N8O/c1-19(2)31-14-16-32(17-15-31)23(24-27-28-29-33(24)25(3,4)5)20-8-10-21(11-9-20)26-22(34)18-30-12-6-7-13-30/h8-11,19,23H,6-7,12-18H2,1-5H3,(H,26,34). The van der Waals surface area contributed by atoms with Crippen molar-refractivity contribution in [3.05, 3.63) is 35.7 Å². The molecule has 2 aromatic rings. The summed E-state index contributed by atoms with van der Waals surface area (Å²) in [5, 5.41) is 15.9. The van der Waals surface area contributed by atoms with E-state index in [1.165, 1.54) is 12.8 Å². The number of hydrogen-bond donors (Lipinski definition) is 1. The predicted octanol–water partition coefficient (Wildman–Crippen LogP) is 2.58. The second-order valence-corrected chi connectivity index (χ2v) is 10.8. The fourth-order valence-electron chi connectivity index (χ4n) is 4.97. The van der Waals surface area contributed by atoms with E-state index in [1.54, 1.807) is 0 Å². The Bertz CT molecular complexity index is 935. The average Bonchev–Trinajstić information content (AvgIpc) is 3.48. The quantitative estimate of drug-likeness (QED) is 0.669. The molecule has 0 bridgehead atoms. The molecule has 0 aliphatic carbocycles. The maximum Gasteiger partial charge on any atom is 0.238 e. The van der Waals surface area contributed by atoms with E-state index in [9.17, 15) is 4.79 Å². The largest absolute Gasteiger partial charge is 0.325 e. The van der Waals surface area contributed by atoms with Crippen LogP contribution in [0.1, 0.15) is 64.9 Å². The third-order valence-corrected chi connectivity index (χ3v) is 6.89. The highest BCUT2D eigenvalue weighted by atomic mass is 16.2. The van der Waals surface area contributed by atoms with E-state index < -0.39 is 0 Å². The average molecular weight is 469 g/mol. The summed E-state index contributed by atoms with van der Waals surface area (Å²) in [5.74, 6) is 0.906. The van der Waals surface area contributed by atoms with Crippen molar-refractivity contribution in [1.29, 1.82) is 0 Å². The van der Waals surface area contributed by atoms with Crippen molar-refractivity contribution in [1.82, 2.24) is 34.9 Å². The van der Waals surface area contributed by atoms with Gasteiger partial charge in [-0.1, -0.05) is 12.1 Å². The van der Waals surface area contributed by atoms with Crippen molar-refractivity contribution < 1.29 is 4.79 Å². The van der Waals surface area contributed by atoms with E-state index in [4.69, 9.17) is 0 Å². The van der Waals surface area contributed by atoms with E-state index >= 15 is 0 Å². The zero-order valence-corrected chi connectivity index (χ0v) is 21.4. The molecule has 1 N–H and O–H groups in total. The van der Waals surface area contributed by atoms with E-state index in [0.717, 1.165) is 56.3 Å². The third kappa shape index (κ3) is 5.82. The number of benzene rings is 1. The molecule has 1 unspecified atom stereocenters. The van der Waals surface area contributed by atoms with Gasteiger partial charge in [-0.05, 0) is 88.7 Å². The van der Waals surface area contributed by atoms with E-state index in [-0.39, 0.29) is 17.5 Å². The summed E-state index contributed by atoms with van der Waals surface area (Å²) in [6, 6.07) is 8.71. The van der Waals surface area contributed by atoms with Crippen molar-refractivity contribution in [3.8, 4) is 0 Å². The van der Waals surface area contributed by atoms with E-state index in [1.807, 2.05) is 16.8 Å². The van der Waals surface area contributed by atoms with E-state index in [2.05, 4.69) is 82.3 Å². The van der Waals surface area contributed by atoms with Crippen LogP contribution in [0.2, 0.25) is 0 Å². The number of tetrazole rings is 1. The lowest BCUT2D eigenvalue weighted by atomic mass is 10.0. The van der Waals surface area contributed by atoms with Crippen LogP contribution in [0, 0.1) is 0 Å². The number of rotatable bonds is 7. The van der Waals surface area contributed by atoms with Crippen LogP contribution in [-0.4, -0.2) is 92.7 Å². The monoisotopic (exact) mass is 468 g/mol. The molecule has 0 radical (unpaired) electrons. The fourth-order valence-corrected chi connectivity index (χ4v) is 4.97. The molecule has 2 saturated heterocycles. The Labute approximate surface area is 203 Å². The lowest BCUT2D eigenvalue weighted by Gasteiger charge is -2.41. The molecule has 1 aromatic carbocycles. The molecule has 1 aromatic heterocycles. The molecule has 2 aliphatic rings. The summed E-state index contributed by atoms with van der Waals surface area (Å²) < 4.78 is 1.94. The molecule has 34 heavy (non-hydrogen) atoms. The molecule has 2 aliphatic heterocycles. The van der Waals surface area contributed by atoms with Crippen LogP contribution in [0.25, 0.3) is 0 Å². The molecule has 0 spiro atoms. The first-order valence-corrected chi connectivity index (χ1v) is 12.6. The number of carbonyl (C=O) groups is 1. The first-order valence-electron chi connectivity index (χ1n) is 12.6. The number of hydrogen-bond acceptors (Lipinski definition) is 7. The number of likely N-dealkylation sites (tertiary alicyclic amines) is 1. The minimum Gasteiger partial charge on any atom is -0.325 e. The van der Waals surface area contributed by atoms with Crippen molar-refractivity contribution in [2.75, 3.05) is 51.1 Å². The molecule has 9 nitrogen and oxygen atoms in total. The highest BCUT2D eigenvalue weighted by Crippen LogP contribution is 2.31. The summed E-state index contributed by atoms with van der Waals surface area (Å²) in [4.78, 5) is 19.7. The summed E-state index contributed by atoms with van der Waals surface area (Å²) in [6.07, 6.45) is 2.37.